The minimum Gasteiger partial charge on any atom is -0.473 e. The van der Waals surface area contributed by atoms with E-state index < -0.39 is 11.8 Å². The summed E-state index contributed by atoms with van der Waals surface area (Å²) >= 11 is 0. The zero-order chi connectivity index (χ0) is 18.8. The Balaban J connectivity index is 1.33. The van der Waals surface area contributed by atoms with E-state index in [1.807, 2.05) is 0 Å². The highest BCUT2D eigenvalue weighted by Crippen LogP contribution is 2.23. The number of amides is 3. The van der Waals surface area contributed by atoms with E-state index in [4.69, 9.17) is 4.74 Å². The van der Waals surface area contributed by atoms with Crippen LogP contribution in [0.5, 0.6) is 5.88 Å². The predicted molar refractivity (Wildman–Crippen MR) is 94.1 cm³/mol. The maximum Gasteiger partial charge on any atom is 0.262 e. The number of rotatable bonds is 4. The van der Waals surface area contributed by atoms with Crippen LogP contribution in [0.15, 0.2) is 42.9 Å². The first-order valence-corrected chi connectivity index (χ1v) is 8.79. The fourth-order valence-electron chi connectivity index (χ4n) is 3.36. The lowest BCUT2D eigenvalue weighted by Gasteiger charge is -2.32. The molecule has 4 rings (SSSR count). The van der Waals surface area contributed by atoms with Gasteiger partial charge in [-0.25, -0.2) is 4.98 Å². The van der Waals surface area contributed by atoms with Crippen LogP contribution in [0.3, 0.4) is 0 Å². The molecule has 2 aromatic rings. The molecule has 0 saturated carbocycles. The standard InChI is InChI=1S/C19H18N4O4/c24-17(12-23-18(25)14-3-1-2-4-15(14)19(23)26)22-9-5-13(6-10-22)27-16-11-20-7-8-21-16/h1-4,7-8,11,13H,5-6,9-10,12H2. The second-order valence-corrected chi connectivity index (χ2v) is 6.48. The van der Waals surface area contributed by atoms with Crippen LogP contribution < -0.4 is 4.74 Å². The molecule has 0 unspecified atom stereocenters. The van der Waals surface area contributed by atoms with Crippen molar-refractivity contribution in [2.45, 2.75) is 18.9 Å². The Morgan fingerprint density at radius 2 is 1.74 bits per heavy atom. The van der Waals surface area contributed by atoms with Gasteiger partial charge in [0.05, 0.1) is 17.3 Å². The fourth-order valence-corrected chi connectivity index (χ4v) is 3.36. The second-order valence-electron chi connectivity index (χ2n) is 6.48. The van der Waals surface area contributed by atoms with E-state index in [9.17, 15) is 14.4 Å². The normalized spacial score (nSPS) is 17.2. The van der Waals surface area contributed by atoms with Gasteiger partial charge in [0.25, 0.3) is 11.8 Å². The van der Waals surface area contributed by atoms with Crippen LogP contribution in [0.25, 0.3) is 0 Å². The summed E-state index contributed by atoms with van der Waals surface area (Å²) in [6, 6.07) is 6.62. The van der Waals surface area contributed by atoms with Crippen LogP contribution in [0.2, 0.25) is 0 Å². The van der Waals surface area contributed by atoms with Crippen LogP contribution in [-0.4, -0.2) is 63.2 Å². The molecule has 0 N–H and O–H groups in total. The van der Waals surface area contributed by atoms with Gasteiger partial charge in [0.15, 0.2) is 0 Å². The lowest BCUT2D eigenvalue weighted by Crippen LogP contribution is -2.47. The summed E-state index contributed by atoms with van der Waals surface area (Å²) in [7, 11) is 0. The third-order valence-electron chi connectivity index (χ3n) is 4.79. The monoisotopic (exact) mass is 366 g/mol. The maximum atomic E-state index is 12.6. The van der Waals surface area contributed by atoms with Gasteiger partial charge >= 0.3 is 0 Å². The molecule has 0 atom stereocenters. The maximum absolute atomic E-state index is 12.6. The summed E-state index contributed by atoms with van der Waals surface area (Å²) in [5.74, 6) is -0.592. The van der Waals surface area contributed by atoms with Crippen LogP contribution in [-0.2, 0) is 4.79 Å². The van der Waals surface area contributed by atoms with Gasteiger partial charge in [-0.05, 0) is 12.1 Å². The first kappa shape index (κ1) is 17.1. The van der Waals surface area contributed by atoms with Crippen molar-refractivity contribution in [2.24, 2.45) is 0 Å². The van der Waals surface area contributed by atoms with Crippen LogP contribution in [0.4, 0.5) is 0 Å². The minimum atomic E-state index is -0.412. The van der Waals surface area contributed by atoms with E-state index >= 15 is 0 Å². The summed E-state index contributed by atoms with van der Waals surface area (Å²) in [6.45, 7) is 0.780. The lowest BCUT2D eigenvalue weighted by atomic mass is 10.1. The van der Waals surface area contributed by atoms with Crippen molar-refractivity contribution in [2.75, 3.05) is 19.6 Å². The Labute approximate surface area is 155 Å². The predicted octanol–water partition coefficient (Wildman–Crippen LogP) is 1.14. The number of fused-ring (bicyclic) bond motifs is 1. The summed E-state index contributed by atoms with van der Waals surface area (Å²) in [6.07, 6.45) is 5.98. The highest BCUT2D eigenvalue weighted by molar-refractivity contribution is 6.22. The number of carbonyl (C=O) groups is 3. The van der Waals surface area contributed by atoms with Crippen LogP contribution in [0, 0.1) is 0 Å². The Bertz CT molecular complexity index is 843. The van der Waals surface area contributed by atoms with Crippen molar-refractivity contribution in [1.29, 1.82) is 0 Å². The number of ether oxygens (including phenoxy) is 1. The fraction of sp³-hybridized carbons (Fsp3) is 0.316. The number of imide groups is 1. The number of benzene rings is 1. The zero-order valence-electron chi connectivity index (χ0n) is 14.6. The van der Waals surface area contributed by atoms with Crippen molar-refractivity contribution < 1.29 is 19.1 Å². The summed E-state index contributed by atoms with van der Waals surface area (Å²) in [4.78, 5) is 48.1. The van der Waals surface area contributed by atoms with Crippen molar-refractivity contribution in [3.8, 4) is 5.88 Å². The molecular weight excluding hydrogens is 348 g/mol. The zero-order valence-corrected chi connectivity index (χ0v) is 14.6. The van der Waals surface area contributed by atoms with Crippen LogP contribution in [0.1, 0.15) is 33.6 Å². The SMILES string of the molecule is O=C(CN1C(=O)c2ccccc2C1=O)N1CCC(Oc2cnccn2)CC1. The van der Waals surface area contributed by atoms with Gasteiger partial charge in [-0.2, -0.15) is 0 Å². The lowest BCUT2D eigenvalue weighted by molar-refractivity contribution is -0.133. The van der Waals surface area contributed by atoms with E-state index in [0.29, 0.717) is 42.9 Å². The molecule has 27 heavy (non-hydrogen) atoms. The molecule has 0 bridgehead atoms. The highest BCUT2D eigenvalue weighted by Gasteiger charge is 2.37. The van der Waals surface area contributed by atoms with E-state index in [2.05, 4.69) is 9.97 Å². The molecule has 8 nitrogen and oxygen atoms in total. The van der Waals surface area contributed by atoms with Gasteiger partial charge in [-0.1, -0.05) is 12.1 Å². The summed E-state index contributed by atoms with van der Waals surface area (Å²) in [5.41, 5.74) is 0.706. The molecule has 3 amide bonds. The third-order valence-corrected chi connectivity index (χ3v) is 4.79. The third kappa shape index (κ3) is 3.38. The van der Waals surface area contributed by atoms with Crippen molar-refractivity contribution in [1.82, 2.24) is 19.8 Å². The number of piperidine rings is 1. The van der Waals surface area contributed by atoms with E-state index in [1.54, 1.807) is 47.8 Å². The van der Waals surface area contributed by atoms with E-state index in [1.165, 1.54) is 0 Å². The molecule has 2 aliphatic rings. The van der Waals surface area contributed by atoms with E-state index in [-0.39, 0.29) is 18.6 Å². The number of carbonyl (C=O) groups excluding carboxylic acids is 3. The topological polar surface area (TPSA) is 92.7 Å². The number of aromatic nitrogens is 2. The molecule has 3 heterocycles. The van der Waals surface area contributed by atoms with Gasteiger partial charge in [-0.3, -0.25) is 24.3 Å². The molecule has 1 fully saturated rings. The van der Waals surface area contributed by atoms with E-state index in [0.717, 1.165) is 4.90 Å². The quantitative estimate of drug-likeness (QED) is 0.754. The average molecular weight is 366 g/mol. The Morgan fingerprint density at radius 1 is 1.07 bits per heavy atom. The smallest absolute Gasteiger partial charge is 0.262 e. The van der Waals surface area contributed by atoms with Gasteiger partial charge in [0.1, 0.15) is 12.6 Å². The van der Waals surface area contributed by atoms with Gasteiger partial charge in [0, 0.05) is 38.3 Å². The Hall–Kier alpha value is -3.29. The number of likely N-dealkylation sites (tertiary alicyclic amines) is 1. The second kappa shape index (κ2) is 7.14. The largest absolute Gasteiger partial charge is 0.473 e. The van der Waals surface area contributed by atoms with Crippen molar-refractivity contribution in [3.63, 3.8) is 0 Å². The van der Waals surface area contributed by atoms with Crippen molar-refractivity contribution >= 4 is 17.7 Å². The molecule has 1 aromatic carbocycles. The summed E-state index contributed by atoms with van der Waals surface area (Å²) < 4.78 is 5.76. The number of nitrogens with zero attached hydrogens (tertiary/aromatic N) is 4. The molecule has 1 aromatic heterocycles. The number of hydrogen-bond donors (Lipinski definition) is 0. The van der Waals surface area contributed by atoms with Gasteiger partial charge in [0.2, 0.25) is 11.8 Å². The number of hydrogen-bond acceptors (Lipinski definition) is 6. The molecule has 1 saturated heterocycles. The highest BCUT2D eigenvalue weighted by atomic mass is 16.5. The van der Waals surface area contributed by atoms with Gasteiger partial charge in [-0.15, -0.1) is 0 Å². The molecule has 2 aliphatic heterocycles. The van der Waals surface area contributed by atoms with Gasteiger partial charge < -0.3 is 9.64 Å². The average Bonchev–Trinajstić information content (AvgIpc) is 2.94. The first-order chi connectivity index (χ1) is 13.1. The summed E-state index contributed by atoms with van der Waals surface area (Å²) in [5, 5.41) is 0. The van der Waals surface area contributed by atoms with Crippen LogP contribution >= 0.6 is 0 Å². The molecular formula is C19H18N4O4. The first-order valence-electron chi connectivity index (χ1n) is 8.79. The molecule has 0 radical (unpaired) electrons. The Kier molecular flexibility index (Phi) is 4.53. The van der Waals surface area contributed by atoms with Crippen molar-refractivity contribution in [3.05, 3.63) is 54.0 Å². The molecule has 138 valence electrons. The Morgan fingerprint density at radius 3 is 2.33 bits per heavy atom. The molecule has 0 aliphatic carbocycles. The minimum absolute atomic E-state index is 0.0370. The molecule has 0 spiro atoms. The molecule has 8 heteroatoms.